The van der Waals surface area contributed by atoms with Crippen molar-refractivity contribution in [3.8, 4) is 0 Å². The van der Waals surface area contributed by atoms with Crippen LogP contribution in [-0.2, 0) is 14.3 Å². The van der Waals surface area contributed by atoms with Crippen LogP contribution in [0.15, 0.2) is 0 Å². The Bertz CT molecular complexity index is 303. The molecular formula is C14H26N2O3. The maximum absolute atomic E-state index is 11.9. The Balaban J connectivity index is 1.80. The molecule has 0 aromatic rings. The fourth-order valence-electron chi connectivity index (χ4n) is 2.86. The Hall–Kier alpha value is -0.650. The molecule has 0 aromatic carbocycles. The lowest BCUT2D eigenvalue weighted by molar-refractivity contribution is -0.124. The average molecular weight is 270 g/mol. The second-order valence-corrected chi connectivity index (χ2v) is 5.70. The zero-order valence-corrected chi connectivity index (χ0v) is 12.0. The average Bonchev–Trinajstić information content (AvgIpc) is 2.83. The second-order valence-electron chi connectivity index (χ2n) is 5.70. The molecule has 0 radical (unpaired) electrons. The Morgan fingerprint density at radius 3 is 3.00 bits per heavy atom. The van der Waals surface area contributed by atoms with Crippen LogP contribution in [0.2, 0.25) is 0 Å². The van der Waals surface area contributed by atoms with E-state index in [1.165, 1.54) is 0 Å². The first kappa shape index (κ1) is 14.8. The molecule has 2 fully saturated rings. The summed E-state index contributed by atoms with van der Waals surface area (Å²) in [7, 11) is 0. The topological polar surface area (TPSA) is 59.6 Å². The van der Waals surface area contributed by atoms with E-state index in [1.54, 1.807) is 0 Å². The van der Waals surface area contributed by atoms with Gasteiger partial charge >= 0.3 is 0 Å². The lowest BCUT2D eigenvalue weighted by atomic mass is 9.89. The standard InChI is InChI=1S/C14H26N2O3/c1-3-6-15-13(17)11(2)16-12-4-7-19-14(9-12)5-8-18-10-14/h11-12,16H,3-10H2,1-2H3,(H,15,17). The van der Waals surface area contributed by atoms with E-state index < -0.39 is 0 Å². The Kier molecular flexibility index (Phi) is 5.19. The molecule has 2 aliphatic heterocycles. The van der Waals surface area contributed by atoms with Crippen LogP contribution in [0.4, 0.5) is 0 Å². The molecule has 1 amide bonds. The smallest absolute Gasteiger partial charge is 0.236 e. The van der Waals surface area contributed by atoms with Crippen molar-refractivity contribution in [3.05, 3.63) is 0 Å². The Labute approximate surface area is 115 Å². The van der Waals surface area contributed by atoms with Crippen molar-refractivity contribution in [1.29, 1.82) is 0 Å². The first-order valence-corrected chi connectivity index (χ1v) is 7.41. The van der Waals surface area contributed by atoms with E-state index in [9.17, 15) is 4.79 Å². The van der Waals surface area contributed by atoms with Gasteiger partial charge in [-0.3, -0.25) is 4.79 Å². The molecule has 19 heavy (non-hydrogen) atoms. The highest BCUT2D eigenvalue weighted by molar-refractivity contribution is 5.81. The van der Waals surface area contributed by atoms with E-state index in [0.29, 0.717) is 12.6 Å². The third-order valence-corrected chi connectivity index (χ3v) is 3.99. The zero-order chi connectivity index (χ0) is 13.7. The van der Waals surface area contributed by atoms with Gasteiger partial charge in [0.2, 0.25) is 5.91 Å². The molecule has 0 bridgehead atoms. The van der Waals surface area contributed by atoms with Crippen molar-refractivity contribution in [2.24, 2.45) is 0 Å². The van der Waals surface area contributed by atoms with Gasteiger partial charge in [-0.2, -0.15) is 0 Å². The van der Waals surface area contributed by atoms with Crippen molar-refractivity contribution in [2.45, 2.75) is 57.2 Å². The molecular weight excluding hydrogens is 244 g/mol. The lowest BCUT2D eigenvalue weighted by Crippen LogP contribution is -2.53. The van der Waals surface area contributed by atoms with E-state index in [4.69, 9.17) is 9.47 Å². The fourth-order valence-corrected chi connectivity index (χ4v) is 2.86. The van der Waals surface area contributed by atoms with E-state index >= 15 is 0 Å². The third kappa shape index (κ3) is 3.91. The van der Waals surface area contributed by atoms with Gasteiger partial charge in [-0.05, 0) is 26.2 Å². The minimum Gasteiger partial charge on any atom is -0.378 e. The Morgan fingerprint density at radius 1 is 1.47 bits per heavy atom. The van der Waals surface area contributed by atoms with Crippen LogP contribution >= 0.6 is 0 Å². The summed E-state index contributed by atoms with van der Waals surface area (Å²) in [6.07, 6.45) is 3.85. The van der Waals surface area contributed by atoms with Crippen LogP contribution in [-0.4, -0.2) is 50.0 Å². The van der Waals surface area contributed by atoms with Gasteiger partial charge in [0.1, 0.15) is 0 Å². The second kappa shape index (κ2) is 6.68. The summed E-state index contributed by atoms with van der Waals surface area (Å²) in [5.74, 6) is 0.0880. The molecule has 2 rings (SSSR count). The summed E-state index contributed by atoms with van der Waals surface area (Å²) in [6, 6.07) is 0.201. The summed E-state index contributed by atoms with van der Waals surface area (Å²) < 4.78 is 11.4. The van der Waals surface area contributed by atoms with Crippen LogP contribution in [0.25, 0.3) is 0 Å². The van der Waals surface area contributed by atoms with Crippen molar-refractivity contribution in [2.75, 3.05) is 26.4 Å². The fraction of sp³-hybridized carbons (Fsp3) is 0.929. The number of amides is 1. The first-order valence-electron chi connectivity index (χ1n) is 7.41. The molecule has 5 heteroatoms. The first-order chi connectivity index (χ1) is 9.15. The zero-order valence-electron chi connectivity index (χ0n) is 12.0. The van der Waals surface area contributed by atoms with Crippen LogP contribution in [0.1, 0.15) is 39.5 Å². The number of carbonyl (C=O) groups excluding carboxylic acids is 1. The molecule has 1 spiro atoms. The number of carbonyl (C=O) groups is 1. The van der Waals surface area contributed by atoms with Gasteiger partial charge in [0.15, 0.2) is 0 Å². The van der Waals surface area contributed by atoms with Gasteiger partial charge in [0, 0.05) is 32.2 Å². The number of hydrogen-bond donors (Lipinski definition) is 2. The molecule has 2 heterocycles. The minimum atomic E-state index is -0.144. The van der Waals surface area contributed by atoms with Gasteiger partial charge in [-0.1, -0.05) is 6.92 Å². The molecule has 2 N–H and O–H groups in total. The van der Waals surface area contributed by atoms with E-state index in [-0.39, 0.29) is 17.6 Å². The van der Waals surface area contributed by atoms with Crippen molar-refractivity contribution < 1.29 is 14.3 Å². The largest absolute Gasteiger partial charge is 0.378 e. The van der Waals surface area contributed by atoms with E-state index in [2.05, 4.69) is 17.6 Å². The predicted octanol–water partition coefficient (Wildman–Crippen LogP) is 0.829. The van der Waals surface area contributed by atoms with Crippen molar-refractivity contribution in [3.63, 3.8) is 0 Å². The van der Waals surface area contributed by atoms with Gasteiger partial charge < -0.3 is 20.1 Å². The van der Waals surface area contributed by atoms with Crippen LogP contribution in [0, 0.1) is 0 Å². The quantitative estimate of drug-likeness (QED) is 0.777. The van der Waals surface area contributed by atoms with Crippen molar-refractivity contribution >= 4 is 5.91 Å². The van der Waals surface area contributed by atoms with Crippen LogP contribution < -0.4 is 10.6 Å². The highest BCUT2D eigenvalue weighted by atomic mass is 16.6. The third-order valence-electron chi connectivity index (χ3n) is 3.99. The van der Waals surface area contributed by atoms with Gasteiger partial charge in [0.25, 0.3) is 0 Å². The van der Waals surface area contributed by atoms with E-state index in [1.807, 2.05) is 6.92 Å². The predicted molar refractivity (Wildman–Crippen MR) is 73.0 cm³/mol. The summed E-state index contributed by atoms with van der Waals surface area (Å²) in [6.45, 7) is 6.97. The molecule has 0 aromatic heterocycles. The Morgan fingerprint density at radius 2 is 2.32 bits per heavy atom. The van der Waals surface area contributed by atoms with Crippen LogP contribution in [0.3, 0.4) is 0 Å². The monoisotopic (exact) mass is 270 g/mol. The molecule has 5 nitrogen and oxygen atoms in total. The minimum absolute atomic E-state index is 0.0880. The van der Waals surface area contributed by atoms with Crippen molar-refractivity contribution in [1.82, 2.24) is 10.6 Å². The SMILES string of the molecule is CCCNC(=O)C(C)NC1CCOC2(CCOC2)C1. The van der Waals surface area contributed by atoms with Crippen LogP contribution in [0.5, 0.6) is 0 Å². The molecule has 3 unspecified atom stereocenters. The number of rotatable bonds is 5. The van der Waals surface area contributed by atoms with E-state index in [0.717, 1.165) is 45.4 Å². The normalized spacial score (nSPS) is 32.4. The molecule has 110 valence electrons. The number of hydrogen-bond acceptors (Lipinski definition) is 4. The molecule has 3 atom stereocenters. The lowest BCUT2D eigenvalue weighted by Gasteiger charge is -2.38. The molecule has 0 aliphatic carbocycles. The highest BCUT2D eigenvalue weighted by Crippen LogP contribution is 2.32. The summed E-state index contributed by atoms with van der Waals surface area (Å²) in [4.78, 5) is 11.9. The highest BCUT2D eigenvalue weighted by Gasteiger charge is 2.41. The summed E-state index contributed by atoms with van der Waals surface area (Å²) >= 11 is 0. The summed E-state index contributed by atoms with van der Waals surface area (Å²) in [5.41, 5.74) is -0.102. The molecule has 2 saturated heterocycles. The number of ether oxygens (including phenoxy) is 2. The maximum Gasteiger partial charge on any atom is 0.236 e. The molecule has 0 saturated carbocycles. The summed E-state index contributed by atoms with van der Waals surface area (Å²) in [5, 5.41) is 6.36. The van der Waals surface area contributed by atoms with Gasteiger partial charge in [0.05, 0.1) is 18.2 Å². The van der Waals surface area contributed by atoms with Gasteiger partial charge in [-0.25, -0.2) is 0 Å². The van der Waals surface area contributed by atoms with Gasteiger partial charge in [-0.15, -0.1) is 0 Å². The number of nitrogens with one attached hydrogen (secondary N) is 2. The molecule has 2 aliphatic rings. The maximum atomic E-state index is 11.9.